The van der Waals surface area contributed by atoms with Gasteiger partial charge in [0.2, 0.25) is 0 Å². The van der Waals surface area contributed by atoms with Crippen molar-refractivity contribution in [3.05, 3.63) is 91.9 Å². The number of H-pyrrole nitrogens is 1. The molecule has 0 saturated heterocycles. The predicted molar refractivity (Wildman–Crippen MR) is 138 cm³/mol. The molecule has 3 heterocycles. The monoisotopic (exact) mass is 504 g/mol. The number of hydrogen-bond acceptors (Lipinski definition) is 7. The minimum absolute atomic E-state index is 0.0921. The Morgan fingerprint density at radius 3 is 2.89 bits per heavy atom. The van der Waals surface area contributed by atoms with Crippen LogP contribution in [0.2, 0.25) is 0 Å². The zero-order valence-corrected chi connectivity index (χ0v) is 20.8. The highest BCUT2D eigenvalue weighted by Gasteiger charge is 2.25. The van der Waals surface area contributed by atoms with E-state index in [1.54, 1.807) is 30.5 Å². The number of fused-ring (bicyclic) bond motifs is 1. The van der Waals surface area contributed by atoms with Crippen LogP contribution in [0.3, 0.4) is 0 Å². The first-order valence-electron chi connectivity index (χ1n) is 11.4. The maximum absolute atomic E-state index is 13.2. The number of rotatable bonds is 7. The molecule has 7 nitrogen and oxygen atoms in total. The van der Waals surface area contributed by atoms with Crippen LogP contribution < -0.4 is 10.9 Å². The minimum Gasteiger partial charge on any atom is -0.448 e. The lowest BCUT2D eigenvalue weighted by molar-refractivity contribution is 0.0951. The topological polar surface area (TPSA) is 100 Å². The predicted octanol–water partition coefficient (Wildman–Crippen LogP) is 5.44. The Balaban J connectivity index is 1.35. The van der Waals surface area contributed by atoms with E-state index in [-0.39, 0.29) is 11.5 Å². The van der Waals surface area contributed by atoms with Gasteiger partial charge in [0, 0.05) is 23.2 Å². The largest absolute Gasteiger partial charge is 0.448 e. The molecular weight excluding hydrogens is 480 g/mol. The number of carbonyl (C=O) groups is 1. The number of furan rings is 1. The summed E-state index contributed by atoms with van der Waals surface area (Å²) in [5, 5.41) is 4.83. The lowest BCUT2D eigenvalue weighted by Crippen LogP contribution is -2.24. The van der Waals surface area contributed by atoms with Crippen molar-refractivity contribution in [3.8, 4) is 0 Å². The van der Waals surface area contributed by atoms with E-state index < -0.39 is 0 Å². The number of benzene rings is 1. The van der Waals surface area contributed by atoms with Crippen molar-refractivity contribution >= 4 is 40.2 Å². The number of amides is 1. The van der Waals surface area contributed by atoms with Gasteiger partial charge in [-0.2, -0.15) is 0 Å². The van der Waals surface area contributed by atoms with E-state index >= 15 is 0 Å². The van der Waals surface area contributed by atoms with E-state index in [1.165, 1.54) is 22.7 Å². The molecule has 2 N–H and O–H groups in total. The molecule has 5 rings (SSSR count). The minimum atomic E-state index is -0.201. The van der Waals surface area contributed by atoms with Crippen LogP contribution in [0.1, 0.15) is 50.7 Å². The number of nitrogens with zero attached hydrogens (tertiary/aromatic N) is 2. The Morgan fingerprint density at radius 2 is 2.06 bits per heavy atom. The molecule has 35 heavy (non-hydrogen) atoms. The number of thiophene rings is 1. The summed E-state index contributed by atoms with van der Waals surface area (Å²) in [7, 11) is 0. The average Bonchev–Trinajstić information content (AvgIpc) is 3.45. The molecule has 1 amide bonds. The Kier molecular flexibility index (Phi) is 6.96. The van der Waals surface area contributed by atoms with Crippen molar-refractivity contribution < 1.29 is 9.21 Å². The van der Waals surface area contributed by atoms with Gasteiger partial charge in [-0.3, -0.25) is 9.59 Å². The zero-order chi connectivity index (χ0) is 24.2. The van der Waals surface area contributed by atoms with Crippen LogP contribution in [0.5, 0.6) is 0 Å². The second-order valence-corrected chi connectivity index (χ2v) is 10.3. The third kappa shape index (κ3) is 5.63. The molecule has 0 aliphatic heterocycles. The van der Waals surface area contributed by atoms with Crippen molar-refractivity contribution in [3.63, 3.8) is 0 Å². The molecule has 0 fully saturated rings. The van der Waals surface area contributed by atoms with E-state index in [1.807, 2.05) is 36.4 Å². The molecule has 0 radical (unpaired) electrons. The molecule has 4 aromatic rings. The first-order chi connectivity index (χ1) is 17.0. The van der Waals surface area contributed by atoms with Crippen LogP contribution in [0.15, 0.2) is 73.0 Å². The Bertz CT molecular complexity index is 1440. The van der Waals surface area contributed by atoms with Crippen molar-refractivity contribution in [2.24, 2.45) is 4.99 Å². The van der Waals surface area contributed by atoms with Crippen LogP contribution in [0.4, 0.5) is 5.00 Å². The number of aromatic amines is 1. The van der Waals surface area contributed by atoms with Gasteiger partial charge in [0.05, 0.1) is 11.8 Å². The van der Waals surface area contributed by atoms with E-state index in [0.29, 0.717) is 38.8 Å². The first-order valence-corrected chi connectivity index (χ1v) is 13.0. The highest BCUT2D eigenvalue weighted by molar-refractivity contribution is 7.99. The number of aryl methyl sites for hydroxylation is 2. The zero-order valence-electron chi connectivity index (χ0n) is 19.2. The van der Waals surface area contributed by atoms with Crippen LogP contribution in [0, 0.1) is 6.92 Å². The standard InChI is InChI=1S/C26H24N4O3S2/c1-16-13-21(31)30-26(29-16)35-22-12-11-18(33-22)15-28-25-23(19-9-5-6-10-20(19)34-25)24(32)27-14-17-7-3-2-4-8-17/h2-4,7-8,11-13,15H,5-6,9-10,14H2,1H3,(H,27,32)(H,29,30,31). The maximum Gasteiger partial charge on any atom is 0.254 e. The van der Waals surface area contributed by atoms with Gasteiger partial charge in [-0.25, -0.2) is 9.98 Å². The average molecular weight is 505 g/mol. The Hall–Kier alpha value is -3.43. The molecular formula is C26H24N4O3S2. The fourth-order valence-electron chi connectivity index (χ4n) is 4.02. The molecule has 3 aromatic heterocycles. The third-order valence-electron chi connectivity index (χ3n) is 5.63. The van der Waals surface area contributed by atoms with Gasteiger partial charge in [-0.1, -0.05) is 30.3 Å². The second kappa shape index (κ2) is 10.5. The van der Waals surface area contributed by atoms with Crippen LogP contribution in [-0.2, 0) is 19.4 Å². The molecule has 0 unspecified atom stereocenters. The summed E-state index contributed by atoms with van der Waals surface area (Å²) in [5.74, 6) is 0.468. The number of hydrogen-bond donors (Lipinski definition) is 2. The fraction of sp³-hybridized carbons (Fsp3) is 0.231. The SMILES string of the molecule is Cc1cc(=O)[nH]c(Sc2ccc(C=Nc3sc4c(c3C(=O)NCc3ccccc3)CCCC4)o2)n1. The van der Waals surface area contributed by atoms with Gasteiger partial charge in [0.15, 0.2) is 10.2 Å². The van der Waals surface area contributed by atoms with Crippen LogP contribution >= 0.6 is 23.1 Å². The highest BCUT2D eigenvalue weighted by Crippen LogP contribution is 2.40. The number of aromatic nitrogens is 2. The van der Waals surface area contributed by atoms with Gasteiger partial charge < -0.3 is 14.7 Å². The van der Waals surface area contributed by atoms with Crippen molar-refractivity contribution in [2.75, 3.05) is 0 Å². The summed E-state index contributed by atoms with van der Waals surface area (Å²) in [6, 6.07) is 14.9. The van der Waals surface area contributed by atoms with Crippen molar-refractivity contribution in [1.29, 1.82) is 0 Å². The summed E-state index contributed by atoms with van der Waals surface area (Å²) in [4.78, 5) is 37.8. The van der Waals surface area contributed by atoms with Crippen molar-refractivity contribution in [2.45, 2.75) is 49.4 Å². The summed E-state index contributed by atoms with van der Waals surface area (Å²) >= 11 is 2.83. The van der Waals surface area contributed by atoms with Gasteiger partial charge in [0.1, 0.15) is 10.8 Å². The molecule has 1 aliphatic rings. The Morgan fingerprint density at radius 1 is 1.23 bits per heavy atom. The normalized spacial score (nSPS) is 13.2. The Labute approximate surface area is 210 Å². The van der Waals surface area contributed by atoms with Crippen molar-refractivity contribution in [1.82, 2.24) is 15.3 Å². The first kappa shape index (κ1) is 23.3. The number of nitrogens with one attached hydrogen (secondary N) is 2. The quantitative estimate of drug-likeness (QED) is 0.258. The summed E-state index contributed by atoms with van der Waals surface area (Å²) in [6.45, 7) is 2.25. The van der Waals surface area contributed by atoms with Crippen LogP contribution in [0.25, 0.3) is 0 Å². The van der Waals surface area contributed by atoms with Gasteiger partial charge in [0.25, 0.3) is 11.5 Å². The van der Waals surface area contributed by atoms with E-state index in [2.05, 4.69) is 20.3 Å². The molecule has 1 aromatic carbocycles. The second-order valence-electron chi connectivity index (χ2n) is 8.27. The smallest absolute Gasteiger partial charge is 0.254 e. The third-order valence-corrected chi connectivity index (χ3v) is 7.64. The fourth-order valence-corrected chi connectivity index (χ4v) is 6.06. The molecule has 178 valence electrons. The number of carbonyl (C=O) groups excluding carboxylic acids is 1. The lowest BCUT2D eigenvalue weighted by Gasteiger charge is -2.12. The van der Waals surface area contributed by atoms with Crippen LogP contribution in [-0.4, -0.2) is 22.1 Å². The van der Waals surface area contributed by atoms with Gasteiger partial charge in [-0.15, -0.1) is 11.3 Å². The molecule has 0 bridgehead atoms. The molecule has 0 saturated carbocycles. The van der Waals surface area contributed by atoms with E-state index in [0.717, 1.165) is 36.8 Å². The molecule has 0 atom stereocenters. The number of aliphatic imine (C=N–C) groups is 1. The molecule has 1 aliphatic carbocycles. The summed E-state index contributed by atoms with van der Waals surface area (Å²) in [5.41, 5.74) is 3.31. The molecule has 9 heteroatoms. The molecule has 0 spiro atoms. The van der Waals surface area contributed by atoms with E-state index in [9.17, 15) is 9.59 Å². The van der Waals surface area contributed by atoms with Gasteiger partial charge >= 0.3 is 0 Å². The lowest BCUT2D eigenvalue weighted by atomic mass is 9.95. The van der Waals surface area contributed by atoms with E-state index in [4.69, 9.17) is 4.42 Å². The highest BCUT2D eigenvalue weighted by atomic mass is 32.2. The summed E-state index contributed by atoms with van der Waals surface area (Å²) < 4.78 is 5.85. The maximum atomic E-state index is 13.2. The van der Waals surface area contributed by atoms with Gasteiger partial charge in [-0.05, 0) is 67.6 Å². The summed E-state index contributed by atoms with van der Waals surface area (Å²) in [6.07, 6.45) is 5.74.